The number of nitrogens with one attached hydrogen (secondary N) is 2. The second kappa shape index (κ2) is 22.5. The first-order valence-corrected chi connectivity index (χ1v) is 16.6. The molecule has 27 heteroatoms. The van der Waals surface area contributed by atoms with E-state index in [1.54, 1.807) is 0 Å². The third-order valence-electron chi connectivity index (χ3n) is 7.60. The van der Waals surface area contributed by atoms with Crippen LogP contribution in [0.1, 0.15) is 19.1 Å². The van der Waals surface area contributed by atoms with E-state index in [0.717, 1.165) is 10.8 Å². The molecule has 290 valence electrons. The summed E-state index contributed by atoms with van der Waals surface area (Å²) in [6.07, 6.45) is -16.1. The summed E-state index contributed by atoms with van der Waals surface area (Å²) in [5.74, 6) is -7.73. The summed E-state index contributed by atoms with van der Waals surface area (Å²) in [5.41, 5.74) is 4.44. The van der Waals surface area contributed by atoms with E-state index in [2.05, 4.69) is 24.7 Å². The third kappa shape index (κ3) is 13.7. The van der Waals surface area contributed by atoms with Crippen LogP contribution in [0.2, 0.25) is 0 Å². The van der Waals surface area contributed by atoms with Gasteiger partial charge in [0.25, 0.3) is 7.82 Å². The first-order valence-electron chi connectivity index (χ1n) is 15.1. The number of hydrogen-bond acceptors (Lipinski definition) is 21. The summed E-state index contributed by atoms with van der Waals surface area (Å²) >= 11 is 0. The molecule has 3 heterocycles. The van der Waals surface area contributed by atoms with Gasteiger partial charge in [0.15, 0.2) is 6.23 Å². The molecular formula is C26H40N5Na2O19P. The maximum Gasteiger partial charge on any atom is 1.00 e. The van der Waals surface area contributed by atoms with E-state index in [9.17, 15) is 64.4 Å². The van der Waals surface area contributed by atoms with Gasteiger partial charge in [0.1, 0.15) is 48.4 Å². The number of ether oxygens (including phenoxy) is 4. The molecule has 53 heavy (non-hydrogen) atoms. The molecule has 2 aliphatic rings. The van der Waals surface area contributed by atoms with Crippen molar-refractivity contribution in [1.29, 1.82) is 0 Å². The van der Waals surface area contributed by atoms with Crippen LogP contribution in [0.4, 0.5) is 5.82 Å². The third-order valence-corrected chi connectivity index (χ3v) is 8.58. The SMILES string of the molecule is COCCOCCC(=O)NCC(=O)NC1C([C@H](O)[C@H](O)CO)O[C@](OP(=O)([O-])OC[C@H]2O[C@@H](n3ccc(N)nc3=O)[C@H](O)[C@@H]2O)(C(=O)[O-])C[C@@H]1O.[Na+].[Na+]. The molecule has 1 aromatic heterocycles. The number of anilines is 1. The summed E-state index contributed by atoms with van der Waals surface area (Å²) in [5, 5.41) is 78.5. The average Bonchev–Trinajstić information content (AvgIpc) is 3.35. The van der Waals surface area contributed by atoms with Crippen molar-refractivity contribution in [2.45, 2.75) is 73.6 Å². The predicted molar refractivity (Wildman–Crippen MR) is 158 cm³/mol. The number of aromatic nitrogens is 2. The van der Waals surface area contributed by atoms with E-state index in [1.807, 2.05) is 0 Å². The zero-order valence-electron chi connectivity index (χ0n) is 28.9. The number of amides is 2. The quantitative estimate of drug-likeness (QED) is 0.0356. The molecule has 2 saturated heterocycles. The number of nitrogen functional groups attached to an aromatic ring is 1. The number of carboxylic acids is 1. The number of aliphatic hydroxyl groups excluding tert-OH is 6. The number of rotatable bonds is 19. The molecule has 0 spiro atoms. The number of phosphoric ester groups is 1. The molecule has 3 rings (SSSR count). The van der Waals surface area contributed by atoms with E-state index in [1.165, 1.54) is 13.2 Å². The maximum absolute atomic E-state index is 12.9. The molecule has 0 bridgehead atoms. The number of carbonyl (C=O) groups is 3. The van der Waals surface area contributed by atoms with Gasteiger partial charge in [0.2, 0.25) is 17.6 Å². The van der Waals surface area contributed by atoms with Crippen molar-refractivity contribution in [2.75, 3.05) is 52.4 Å². The van der Waals surface area contributed by atoms with Crippen molar-refractivity contribution >= 4 is 31.4 Å². The number of nitrogens with zero attached hydrogens (tertiary/aromatic N) is 2. The fraction of sp³-hybridized carbons (Fsp3) is 0.731. The number of phosphoric acid groups is 1. The number of hydrogen-bond donors (Lipinski definition) is 9. The van der Waals surface area contributed by atoms with Crippen molar-refractivity contribution in [3.8, 4) is 0 Å². The van der Waals surface area contributed by atoms with Crippen LogP contribution in [0.15, 0.2) is 17.1 Å². The molecule has 2 fully saturated rings. The van der Waals surface area contributed by atoms with Crippen molar-refractivity contribution in [3.05, 3.63) is 22.7 Å². The summed E-state index contributed by atoms with van der Waals surface area (Å²) in [6.45, 7) is -2.50. The van der Waals surface area contributed by atoms with Gasteiger partial charge in [-0.25, -0.2) is 4.79 Å². The van der Waals surface area contributed by atoms with Gasteiger partial charge in [-0.3, -0.25) is 23.2 Å². The Balaban J connectivity index is 0.00000702. The number of methoxy groups -OCH3 is 1. The Hall–Kier alpha value is -1.20. The van der Waals surface area contributed by atoms with Gasteiger partial charge in [0.05, 0.1) is 51.7 Å². The summed E-state index contributed by atoms with van der Waals surface area (Å²) in [6, 6.07) is -0.634. The molecule has 10 N–H and O–H groups in total. The predicted octanol–water partition coefficient (Wildman–Crippen LogP) is -14.1. The van der Waals surface area contributed by atoms with Gasteiger partial charge in [-0.2, -0.15) is 4.98 Å². The van der Waals surface area contributed by atoms with Crippen LogP contribution in [0.25, 0.3) is 0 Å². The Bertz CT molecular complexity index is 1470. The molecule has 11 atom stereocenters. The molecule has 0 aliphatic carbocycles. The maximum atomic E-state index is 12.9. The molecule has 24 nitrogen and oxygen atoms in total. The van der Waals surface area contributed by atoms with Gasteiger partial charge < -0.3 is 85.3 Å². The Labute approximate surface area is 345 Å². The van der Waals surface area contributed by atoms with Crippen LogP contribution in [0.5, 0.6) is 0 Å². The number of nitrogens with two attached hydrogens (primary N) is 1. The number of carbonyl (C=O) groups excluding carboxylic acids is 3. The average molecular weight is 804 g/mol. The Kier molecular flexibility index (Phi) is 21.2. The minimum absolute atomic E-state index is 0. The number of carboxylic acid groups (broad SMARTS) is 1. The molecule has 0 aromatic carbocycles. The van der Waals surface area contributed by atoms with Crippen LogP contribution in [-0.4, -0.2) is 159 Å². The van der Waals surface area contributed by atoms with Crippen molar-refractivity contribution < 1.29 is 147 Å². The van der Waals surface area contributed by atoms with Crippen LogP contribution in [-0.2, 0) is 46.9 Å². The van der Waals surface area contributed by atoms with Gasteiger partial charge in [-0.1, -0.05) is 0 Å². The van der Waals surface area contributed by atoms with Gasteiger partial charge in [0, 0.05) is 26.1 Å². The normalized spacial score (nSPS) is 29.1. The van der Waals surface area contributed by atoms with Crippen LogP contribution < -0.4 is 91.2 Å². The molecule has 1 aromatic rings. The van der Waals surface area contributed by atoms with Crippen LogP contribution >= 0.6 is 7.82 Å². The van der Waals surface area contributed by atoms with Gasteiger partial charge in [-0.05, 0) is 6.07 Å². The topological polar surface area (TPSA) is 376 Å². The van der Waals surface area contributed by atoms with Crippen molar-refractivity contribution in [1.82, 2.24) is 20.2 Å². The Morgan fingerprint density at radius 1 is 1.17 bits per heavy atom. The fourth-order valence-electron chi connectivity index (χ4n) is 4.98. The second-order valence-electron chi connectivity index (χ2n) is 11.3. The van der Waals surface area contributed by atoms with Crippen LogP contribution in [0.3, 0.4) is 0 Å². The minimum atomic E-state index is -5.91. The molecule has 0 saturated carbocycles. The molecule has 2 aliphatic heterocycles. The van der Waals surface area contributed by atoms with Crippen molar-refractivity contribution in [3.63, 3.8) is 0 Å². The van der Waals surface area contributed by atoms with E-state index < -0.39 is 118 Å². The van der Waals surface area contributed by atoms with Gasteiger partial charge in [-0.15, -0.1) is 0 Å². The Morgan fingerprint density at radius 3 is 2.45 bits per heavy atom. The molecular weight excluding hydrogens is 763 g/mol. The zero-order chi connectivity index (χ0) is 38.1. The number of aliphatic carboxylic acids is 1. The van der Waals surface area contributed by atoms with Gasteiger partial charge >= 0.3 is 64.8 Å². The monoisotopic (exact) mass is 803 g/mol. The Morgan fingerprint density at radius 2 is 1.85 bits per heavy atom. The van der Waals surface area contributed by atoms with E-state index in [-0.39, 0.29) is 91.2 Å². The van der Waals surface area contributed by atoms with Crippen molar-refractivity contribution in [2.24, 2.45) is 0 Å². The van der Waals surface area contributed by atoms with E-state index >= 15 is 0 Å². The second-order valence-corrected chi connectivity index (χ2v) is 12.6. The first kappa shape index (κ1) is 49.8. The standard InChI is InChI=1S/C26H42N5O19P.2Na/c1-45-6-7-46-5-3-16(35)28-9-17(36)30-18-12(33)8-26(24(40)41,49-22(18)19(37)13(34)10-32)50-51(43,44)47-11-14-20(38)21(39)23(48-14)31-4-2-15(27)29-25(31)42;;/h2,4,12-14,18-23,32-34,37-39H,3,5-11H2,1H3,(H,28,35)(H,30,36)(H,40,41)(H,43,44)(H2,27,29,42);;/q;2*+1/p-2/t12-,13+,14+,18?,19+,20+,21+,22?,23+,26+;;/m0../s1. The molecule has 3 unspecified atom stereocenters. The number of aliphatic hydroxyl groups is 6. The zero-order valence-corrected chi connectivity index (χ0v) is 33.8. The van der Waals surface area contributed by atoms with E-state index in [4.69, 9.17) is 24.7 Å². The van der Waals surface area contributed by atoms with E-state index in [0.29, 0.717) is 0 Å². The fourth-order valence-corrected chi connectivity index (χ4v) is 5.91. The minimum Gasteiger partial charge on any atom is -0.756 e. The summed E-state index contributed by atoms with van der Waals surface area (Å²) < 4.78 is 43.5. The van der Waals surface area contributed by atoms with Crippen LogP contribution in [0, 0.1) is 0 Å². The smallest absolute Gasteiger partial charge is 0.756 e. The first-order chi connectivity index (χ1) is 23.9. The summed E-state index contributed by atoms with van der Waals surface area (Å²) in [7, 11) is -4.45. The largest absolute Gasteiger partial charge is 1.00 e. The summed E-state index contributed by atoms with van der Waals surface area (Å²) in [4.78, 5) is 65.4. The molecule has 0 radical (unpaired) electrons. The molecule has 2 amide bonds.